The number of ketones is 1. The summed E-state index contributed by atoms with van der Waals surface area (Å²) in [7, 11) is -1.59. The molecule has 0 spiro atoms. The predicted molar refractivity (Wildman–Crippen MR) is 101 cm³/mol. The van der Waals surface area contributed by atoms with Crippen LogP contribution in [0, 0.1) is 0 Å². The molecule has 0 aromatic heterocycles. The Hall–Kier alpha value is -0.193. The third-order valence-electron chi connectivity index (χ3n) is 4.71. The summed E-state index contributed by atoms with van der Waals surface area (Å²) in [6, 6.07) is 0. The lowest BCUT2D eigenvalue weighted by Gasteiger charge is -2.36. The average Bonchev–Trinajstić information content (AvgIpc) is 2.78. The number of hydrogen-bond acceptors (Lipinski definition) is 2. The molecule has 0 aliphatic heterocycles. The van der Waals surface area contributed by atoms with Crippen LogP contribution in [0.25, 0.3) is 0 Å². The van der Waals surface area contributed by atoms with E-state index in [1.807, 2.05) is 0 Å². The summed E-state index contributed by atoms with van der Waals surface area (Å²) >= 11 is 3.59. The molecule has 0 aromatic rings. The number of carbonyl (C=O) groups is 1. The van der Waals surface area contributed by atoms with Crippen molar-refractivity contribution in [3.05, 3.63) is 22.2 Å². The quantitative estimate of drug-likeness (QED) is 0.370. The lowest BCUT2D eigenvalue weighted by atomic mass is 10.1. The van der Waals surface area contributed by atoms with Crippen molar-refractivity contribution < 1.29 is 9.22 Å². The number of Topliss-reactive ketones (excluding diaryl/α,β-unsaturated/α-hetero) is 1. The average molecular weight is 387 g/mol. The van der Waals surface area contributed by atoms with E-state index in [9.17, 15) is 4.79 Å². The highest BCUT2D eigenvalue weighted by molar-refractivity contribution is 9.11. The molecule has 1 rings (SSSR count). The molecule has 0 saturated carbocycles. The van der Waals surface area contributed by atoms with Crippen LogP contribution >= 0.6 is 15.9 Å². The van der Waals surface area contributed by atoms with Gasteiger partial charge in [-0.2, -0.15) is 0 Å². The molecule has 0 atom stereocenters. The van der Waals surface area contributed by atoms with Gasteiger partial charge in [-0.3, -0.25) is 4.79 Å². The maximum Gasteiger partial charge on any atom is 0.191 e. The summed E-state index contributed by atoms with van der Waals surface area (Å²) in [4.78, 5) is 11.6. The Morgan fingerprint density at radius 2 is 2.05 bits per heavy atom. The van der Waals surface area contributed by atoms with Crippen molar-refractivity contribution in [1.29, 1.82) is 0 Å². The number of hydrogen-bond donors (Lipinski definition) is 0. The first-order chi connectivity index (χ1) is 10.1. The smallest absolute Gasteiger partial charge is 0.191 e. The molecular formula is C18H31BrO2Si. The van der Waals surface area contributed by atoms with Gasteiger partial charge in [-0.15, -0.1) is 0 Å². The molecule has 1 aliphatic rings. The standard InChI is InChI=1S/C18H31BrO2Si/c1-18(2,3)22(4,5)21-13-8-6-7-11-16(19)14-15-10-9-12-17(15)20/h10-11H,6-9,12-14H2,1-5H3/b16-11-. The van der Waals surface area contributed by atoms with Gasteiger partial charge in [-0.1, -0.05) is 48.9 Å². The summed E-state index contributed by atoms with van der Waals surface area (Å²) in [5.41, 5.74) is 0.976. The summed E-state index contributed by atoms with van der Waals surface area (Å²) in [6.45, 7) is 12.3. The van der Waals surface area contributed by atoms with Gasteiger partial charge in [0.25, 0.3) is 0 Å². The van der Waals surface area contributed by atoms with Crippen LogP contribution < -0.4 is 0 Å². The zero-order chi connectivity index (χ0) is 16.8. The van der Waals surface area contributed by atoms with Crippen LogP contribution in [0.5, 0.6) is 0 Å². The minimum absolute atomic E-state index is 0.289. The molecule has 0 fully saturated rings. The number of carbonyl (C=O) groups excluding carboxylic acids is 1. The van der Waals surface area contributed by atoms with Gasteiger partial charge >= 0.3 is 0 Å². The minimum Gasteiger partial charge on any atom is -0.417 e. The molecule has 0 unspecified atom stereocenters. The van der Waals surface area contributed by atoms with E-state index in [-0.39, 0.29) is 5.04 Å². The van der Waals surface area contributed by atoms with Gasteiger partial charge in [0, 0.05) is 19.4 Å². The first-order valence-corrected chi connectivity index (χ1v) is 12.0. The lowest BCUT2D eigenvalue weighted by molar-refractivity contribution is -0.114. The second-order valence-electron chi connectivity index (χ2n) is 7.62. The molecule has 0 aromatic carbocycles. The molecule has 4 heteroatoms. The molecular weight excluding hydrogens is 356 g/mol. The van der Waals surface area contributed by atoms with Crippen molar-refractivity contribution in [3.63, 3.8) is 0 Å². The van der Waals surface area contributed by atoms with E-state index in [2.05, 4.69) is 61.9 Å². The molecule has 0 heterocycles. The Bertz CT molecular complexity index is 444. The van der Waals surface area contributed by atoms with E-state index >= 15 is 0 Å². The second-order valence-corrected chi connectivity index (χ2v) is 13.5. The Morgan fingerprint density at radius 1 is 1.36 bits per heavy atom. The van der Waals surface area contributed by atoms with E-state index < -0.39 is 8.32 Å². The largest absolute Gasteiger partial charge is 0.417 e. The third-order valence-corrected chi connectivity index (χ3v) is 9.86. The molecule has 0 bridgehead atoms. The molecule has 126 valence electrons. The van der Waals surface area contributed by atoms with E-state index in [1.165, 1.54) is 0 Å². The van der Waals surface area contributed by atoms with Crippen molar-refractivity contribution in [1.82, 2.24) is 0 Å². The minimum atomic E-state index is -1.59. The van der Waals surface area contributed by atoms with Crippen molar-refractivity contribution >= 4 is 30.0 Å². The van der Waals surface area contributed by atoms with Crippen molar-refractivity contribution in [2.24, 2.45) is 0 Å². The fraction of sp³-hybridized carbons (Fsp3) is 0.722. The highest BCUT2D eigenvalue weighted by atomic mass is 79.9. The van der Waals surface area contributed by atoms with Gasteiger partial charge < -0.3 is 4.43 Å². The van der Waals surface area contributed by atoms with Gasteiger partial charge in [0.2, 0.25) is 0 Å². The normalized spacial score (nSPS) is 17.1. The van der Waals surface area contributed by atoms with E-state index in [1.54, 1.807) is 0 Å². The van der Waals surface area contributed by atoms with Crippen LogP contribution in [-0.2, 0) is 9.22 Å². The molecule has 0 amide bonds. The van der Waals surface area contributed by atoms with Gasteiger partial charge in [-0.05, 0) is 53.9 Å². The van der Waals surface area contributed by atoms with Gasteiger partial charge in [-0.25, -0.2) is 0 Å². The fourth-order valence-corrected chi connectivity index (χ4v) is 3.74. The number of halogens is 1. The van der Waals surface area contributed by atoms with Gasteiger partial charge in [0.15, 0.2) is 14.1 Å². The molecule has 0 radical (unpaired) electrons. The Kier molecular flexibility index (Phi) is 7.76. The number of allylic oxidation sites excluding steroid dienone is 4. The number of rotatable bonds is 8. The fourth-order valence-electron chi connectivity index (χ4n) is 2.13. The summed E-state index contributed by atoms with van der Waals surface area (Å²) in [6.07, 6.45) is 9.94. The van der Waals surface area contributed by atoms with Crippen molar-refractivity contribution in [2.45, 2.75) is 77.4 Å². The highest BCUT2D eigenvalue weighted by Crippen LogP contribution is 2.36. The van der Waals surface area contributed by atoms with Crippen LogP contribution in [0.2, 0.25) is 18.1 Å². The second kappa shape index (κ2) is 8.60. The lowest BCUT2D eigenvalue weighted by Crippen LogP contribution is -2.40. The maximum atomic E-state index is 11.6. The van der Waals surface area contributed by atoms with Crippen LogP contribution in [0.15, 0.2) is 22.2 Å². The van der Waals surface area contributed by atoms with Gasteiger partial charge in [0.05, 0.1) is 0 Å². The first kappa shape index (κ1) is 19.9. The molecule has 2 nitrogen and oxygen atoms in total. The maximum absolute atomic E-state index is 11.6. The van der Waals surface area contributed by atoms with Crippen LogP contribution in [0.1, 0.15) is 59.3 Å². The highest BCUT2D eigenvalue weighted by Gasteiger charge is 2.36. The summed E-state index contributed by atoms with van der Waals surface area (Å²) in [5.74, 6) is 0.313. The summed E-state index contributed by atoms with van der Waals surface area (Å²) in [5, 5.41) is 0.289. The zero-order valence-electron chi connectivity index (χ0n) is 14.8. The van der Waals surface area contributed by atoms with Crippen molar-refractivity contribution in [2.75, 3.05) is 6.61 Å². The Balaban J connectivity index is 2.20. The van der Waals surface area contributed by atoms with E-state index in [0.29, 0.717) is 12.2 Å². The first-order valence-electron chi connectivity index (χ1n) is 8.34. The molecule has 22 heavy (non-hydrogen) atoms. The molecule has 0 N–H and O–H groups in total. The van der Waals surface area contributed by atoms with E-state index in [0.717, 1.165) is 48.8 Å². The SMILES string of the molecule is CC(C)(C)[Si](C)(C)OCCCC/C=C(\Br)CC1=CCCC1=O. The third kappa shape index (κ3) is 6.51. The Labute approximate surface area is 145 Å². The molecule has 0 saturated heterocycles. The van der Waals surface area contributed by atoms with Crippen LogP contribution in [0.3, 0.4) is 0 Å². The Morgan fingerprint density at radius 3 is 2.59 bits per heavy atom. The monoisotopic (exact) mass is 386 g/mol. The number of unbranched alkanes of at least 4 members (excludes halogenated alkanes) is 2. The van der Waals surface area contributed by atoms with Gasteiger partial charge in [0.1, 0.15) is 0 Å². The molecule has 1 aliphatic carbocycles. The zero-order valence-corrected chi connectivity index (χ0v) is 17.4. The van der Waals surface area contributed by atoms with Crippen LogP contribution in [0.4, 0.5) is 0 Å². The summed E-state index contributed by atoms with van der Waals surface area (Å²) < 4.78 is 7.31. The van der Waals surface area contributed by atoms with E-state index in [4.69, 9.17) is 4.43 Å². The predicted octanol–water partition coefficient (Wildman–Crippen LogP) is 6.14. The van der Waals surface area contributed by atoms with Crippen LogP contribution in [-0.4, -0.2) is 20.7 Å². The van der Waals surface area contributed by atoms with Crippen molar-refractivity contribution in [3.8, 4) is 0 Å². The topological polar surface area (TPSA) is 26.3 Å².